The summed E-state index contributed by atoms with van der Waals surface area (Å²) in [4.78, 5) is 6.56. The van der Waals surface area contributed by atoms with E-state index in [0.29, 0.717) is 10.8 Å². The average Bonchev–Trinajstić information content (AvgIpc) is 3.45. The predicted octanol–water partition coefficient (Wildman–Crippen LogP) is 7.14. The molecule has 35 heavy (non-hydrogen) atoms. The zero-order valence-corrected chi connectivity index (χ0v) is 20.9. The van der Waals surface area contributed by atoms with E-state index in [9.17, 15) is 13.2 Å². The molecule has 9 heteroatoms. The number of benzene rings is 2. The van der Waals surface area contributed by atoms with Crippen LogP contribution < -0.4 is 10.2 Å². The summed E-state index contributed by atoms with van der Waals surface area (Å²) in [6, 6.07) is 20.0. The zero-order chi connectivity index (χ0) is 24.7. The highest BCUT2D eigenvalue weighted by Crippen LogP contribution is 2.43. The van der Waals surface area contributed by atoms with Crippen LogP contribution in [0.25, 0.3) is 5.69 Å². The molecule has 2 atom stereocenters. The lowest BCUT2D eigenvalue weighted by atomic mass is 10.0. The van der Waals surface area contributed by atoms with Crippen molar-refractivity contribution in [1.29, 1.82) is 0 Å². The van der Waals surface area contributed by atoms with Gasteiger partial charge in [-0.25, -0.2) is 0 Å². The summed E-state index contributed by atoms with van der Waals surface area (Å²) in [5.41, 5.74) is 3.21. The van der Waals surface area contributed by atoms with Crippen LogP contribution in [0.5, 0.6) is 0 Å². The molecule has 178 valence electrons. The first kappa shape index (κ1) is 23.6. The Morgan fingerprint density at radius 3 is 2.51 bits per heavy atom. The van der Waals surface area contributed by atoms with E-state index in [-0.39, 0.29) is 12.1 Å². The van der Waals surface area contributed by atoms with Crippen LogP contribution in [0.15, 0.2) is 89.7 Å². The molecule has 1 N–H and O–H groups in total. The molecule has 4 nitrogen and oxygen atoms in total. The minimum absolute atomic E-state index is 0.313. The van der Waals surface area contributed by atoms with Crippen molar-refractivity contribution in [2.24, 2.45) is 0 Å². The Balaban J connectivity index is 1.67. The maximum atomic E-state index is 13.4. The van der Waals surface area contributed by atoms with Crippen LogP contribution in [0.3, 0.4) is 0 Å². The van der Waals surface area contributed by atoms with Crippen molar-refractivity contribution in [3.05, 3.63) is 112 Å². The first-order chi connectivity index (χ1) is 16.7. The second kappa shape index (κ2) is 9.13. The van der Waals surface area contributed by atoms with Gasteiger partial charge in [0.2, 0.25) is 0 Å². The van der Waals surface area contributed by atoms with Gasteiger partial charge in [-0.3, -0.25) is 4.98 Å². The van der Waals surface area contributed by atoms with Gasteiger partial charge in [-0.05, 0) is 85.4 Å². The molecular formula is C26H20BrF3N4S. The van der Waals surface area contributed by atoms with Crippen LogP contribution >= 0.6 is 28.1 Å². The number of alkyl halides is 3. The summed E-state index contributed by atoms with van der Waals surface area (Å²) in [5.74, 6) is 0. The third kappa shape index (κ3) is 4.46. The topological polar surface area (TPSA) is 33.1 Å². The Labute approximate surface area is 214 Å². The van der Waals surface area contributed by atoms with Gasteiger partial charge in [0, 0.05) is 33.9 Å². The van der Waals surface area contributed by atoms with Gasteiger partial charge in [-0.15, -0.1) is 0 Å². The fourth-order valence-corrected chi connectivity index (χ4v) is 5.01. The zero-order valence-electron chi connectivity index (χ0n) is 18.5. The Morgan fingerprint density at radius 1 is 0.971 bits per heavy atom. The number of nitrogens with one attached hydrogen (secondary N) is 1. The smallest absolute Gasteiger partial charge is 0.351 e. The lowest BCUT2D eigenvalue weighted by Crippen LogP contribution is -2.30. The number of anilines is 1. The van der Waals surface area contributed by atoms with E-state index in [1.165, 1.54) is 6.07 Å². The number of hydrogen-bond donors (Lipinski definition) is 1. The van der Waals surface area contributed by atoms with E-state index >= 15 is 0 Å². The monoisotopic (exact) mass is 556 g/mol. The molecule has 4 aromatic rings. The molecule has 0 saturated carbocycles. The summed E-state index contributed by atoms with van der Waals surface area (Å²) in [6.45, 7) is 2.00. The van der Waals surface area contributed by atoms with E-state index in [1.54, 1.807) is 23.0 Å². The number of nitrogens with zero attached hydrogens (tertiary/aromatic N) is 3. The first-order valence-corrected chi connectivity index (χ1v) is 12.1. The molecule has 3 heterocycles. The molecule has 2 aromatic carbocycles. The minimum atomic E-state index is -4.43. The van der Waals surface area contributed by atoms with E-state index in [1.807, 2.05) is 60.4 Å². The van der Waals surface area contributed by atoms with Crippen molar-refractivity contribution >= 4 is 38.9 Å². The molecule has 1 aliphatic rings. The van der Waals surface area contributed by atoms with Crippen molar-refractivity contribution in [1.82, 2.24) is 14.9 Å². The minimum Gasteiger partial charge on any atom is -0.351 e. The molecular weight excluding hydrogens is 537 g/mol. The van der Waals surface area contributed by atoms with Crippen molar-refractivity contribution < 1.29 is 13.2 Å². The molecule has 0 radical (unpaired) electrons. The molecule has 0 unspecified atom stereocenters. The average molecular weight is 557 g/mol. The molecule has 0 amide bonds. The summed E-state index contributed by atoms with van der Waals surface area (Å²) < 4.78 is 43.1. The molecule has 0 spiro atoms. The predicted molar refractivity (Wildman–Crippen MR) is 138 cm³/mol. The number of hydrogen-bond acceptors (Lipinski definition) is 2. The van der Waals surface area contributed by atoms with Crippen LogP contribution in [0.1, 0.15) is 34.6 Å². The summed E-state index contributed by atoms with van der Waals surface area (Å²) in [6.07, 6.45) is -0.945. The van der Waals surface area contributed by atoms with Crippen molar-refractivity contribution in [2.75, 3.05) is 4.90 Å². The van der Waals surface area contributed by atoms with Gasteiger partial charge in [-0.2, -0.15) is 13.2 Å². The highest BCUT2D eigenvalue weighted by molar-refractivity contribution is 9.10. The van der Waals surface area contributed by atoms with Gasteiger partial charge in [0.05, 0.1) is 17.3 Å². The van der Waals surface area contributed by atoms with Gasteiger partial charge in [0.15, 0.2) is 5.11 Å². The largest absolute Gasteiger partial charge is 0.416 e. The maximum absolute atomic E-state index is 13.4. The SMILES string of the molecule is Cc1cc(N2C(=S)N[C@H](c3ccccn3)[C@H]2c2cccn2-c2cccc(C(F)(F)F)c2)ccc1Br. The summed E-state index contributed by atoms with van der Waals surface area (Å²) >= 11 is 9.32. The van der Waals surface area contributed by atoms with Crippen LogP contribution in [-0.2, 0) is 6.18 Å². The van der Waals surface area contributed by atoms with Crippen molar-refractivity contribution in [2.45, 2.75) is 25.2 Å². The lowest BCUT2D eigenvalue weighted by molar-refractivity contribution is -0.137. The highest BCUT2D eigenvalue weighted by atomic mass is 79.9. The van der Waals surface area contributed by atoms with Crippen LogP contribution in [0.4, 0.5) is 18.9 Å². The van der Waals surface area contributed by atoms with E-state index in [2.05, 4.69) is 26.2 Å². The molecule has 2 aromatic heterocycles. The second-order valence-electron chi connectivity index (χ2n) is 8.28. The van der Waals surface area contributed by atoms with Crippen LogP contribution in [-0.4, -0.2) is 14.7 Å². The Morgan fingerprint density at radius 2 is 1.80 bits per heavy atom. The number of rotatable bonds is 4. The van der Waals surface area contributed by atoms with E-state index < -0.39 is 11.7 Å². The van der Waals surface area contributed by atoms with Gasteiger partial charge >= 0.3 is 6.18 Å². The number of halogens is 4. The summed E-state index contributed by atoms with van der Waals surface area (Å²) in [7, 11) is 0. The molecule has 1 aliphatic heterocycles. The summed E-state index contributed by atoms with van der Waals surface area (Å²) in [5, 5.41) is 3.91. The quantitative estimate of drug-likeness (QED) is 0.271. The number of thiocarbonyl (C=S) groups is 1. The van der Waals surface area contributed by atoms with E-state index in [4.69, 9.17) is 12.2 Å². The van der Waals surface area contributed by atoms with Gasteiger partial charge in [-0.1, -0.05) is 28.1 Å². The Bertz CT molecular complexity index is 1390. The lowest BCUT2D eigenvalue weighted by Gasteiger charge is -2.29. The van der Waals surface area contributed by atoms with Gasteiger partial charge in [0.25, 0.3) is 0 Å². The number of aryl methyl sites for hydroxylation is 1. The third-order valence-electron chi connectivity index (χ3n) is 6.05. The number of pyridine rings is 1. The fourth-order valence-electron chi connectivity index (χ4n) is 4.41. The highest BCUT2D eigenvalue weighted by Gasteiger charge is 2.42. The second-order valence-corrected chi connectivity index (χ2v) is 9.52. The third-order valence-corrected chi connectivity index (χ3v) is 7.26. The van der Waals surface area contributed by atoms with E-state index in [0.717, 1.165) is 39.2 Å². The first-order valence-electron chi connectivity index (χ1n) is 10.9. The molecule has 1 saturated heterocycles. The van der Waals surface area contributed by atoms with Gasteiger partial charge < -0.3 is 14.8 Å². The van der Waals surface area contributed by atoms with Crippen molar-refractivity contribution in [3.8, 4) is 5.69 Å². The normalized spacial score (nSPS) is 18.1. The molecule has 5 rings (SSSR count). The van der Waals surface area contributed by atoms with Crippen molar-refractivity contribution in [3.63, 3.8) is 0 Å². The molecule has 0 aliphatic carbocycles. The maximum Gasteiger partial charge on any atom is 0.416 e. The Kier molecular flexibility index (Phi) is 6.14. The van der Waals surface area contributed by atoms with Gasteiger partial charge in [0.1, 0.15) is 6.04 Å². The molecule has 0 bridgehead atoms. The van der Waals surface area contributed by atoms with Crippen LogP contribution in [0, 0.1) is 6.92 Å². The fraction of sp³-hybridized carbons (Fsp3) is 0.154. The standard InChI is InChI=1S/C26H20BrF3N4S/c1-16-14-19(10-11-20(16)27)34-24(23(32-25(34)35)21-8-2-3-12-31-21)22-9-5-13-33(22)18-7-4-6-17(15-18)26(28,29)30/h2-15,23-24H,1H3,(H,32,35)/t23-,24-/m1/s1. The number of aromatic nitrogens is 2. The Hall–Kier alpha value is -3.17. The van der Waals surface area contributed by atoms with Crippen LogP contribution in [0.2, 0.25) is 0 Å². The molecule has 1 fully saturated rings.